The molecule has 1 unspecified atom stereocenters. The van der Waals surface area contributed by atoms with Crippen LogP contribution in [0.3, 0.4) is 0 Å². The number of ether oxygens (including phenoxy) is 1. The Hall–Kier alpha value is -2.59. The van der Waals surface area contributed by atoms with E-state index in [2.05, 4.69) is 4.74 Å². The Morgan fingerprint density at radius 3 is 2.00 bits per heavy atom. The first-order valence-electron chi connectivity index (χ1n) is 7.53. The maximum absolute atomic E-state index is 12.8. The van der Waals surface area contributed by atoms with Crippen molar-refractivity contribution in [3.8, 4) is 0 Å². The first-order valence-corrected chi connectivity index (χ1v) is 8.93. The Bertz CT molecular complexity index is 909. The largest absolute Gasteiger partial charge is 0.467 e. The van der Waals surface area contributed by atoms with Crippen molar-refractivity contribution in [2.24, 2.45) is 0 Å². The SMILES string of the molecule is COC(=O)C(c1ccc(C(F)(F)F)cc1)N(c1ccc(C)cc1)S(=O)(=O)O. The van der Waals surface area contributed by atoms with Gasteiger partial charge in [-0.15, -0.1) is 0 Å². The van der Waals surface area contributed by atoms with Gasteiger partial charge in [0.1, 0.15) is 0 Å². The summed E-state index contributed by atoms with van der Waals surface area (Å²) in [7, 11) is -3.96. The smallest absolute Gasteiger partial charge is 0.416 e. The van der Waals surface area contributed by atoms with Crippen LogP contribution in [0, 0.1) is 6.92 Å². The predicted molar refractivity (Wildman–Crippen MR) is 91.4 cm³/mol. The number of rotatable bonds is 5. The molecule has 0 aliphatic carbocycles. The van der Waals surface area contributed by atoms with Crippen LogP contribution in [0.15, 0.2) is 48.5 Å². The minimum atomic E-state index is -4.96. The highest BCUT2D eigenvalue weighted by Crippen LogP contribution is 2.34. The number of methoxy groups -OCH3 is 1. The average Bonchev–Trinajstić information content (AvgIpc) is 2.58. The van der Waals surface area contributed by atoms with E-state index in [1.54, 1.807) is 19.1 Å². The van der Waals surface area contributed by atoms with E-state index in [0.29, 0.717) is 16.4 Å². The second-order valence-corrected chi connectivity index (χ2v) is 6.94. The molecule has 0 saturated carbocycles. The van der Waals surface area contributed by atoms with Crippen LogP contribution in [0.2, 0.25) is 0 Å². The predicted octanol–water partition coefficient (Wildman–Crippen LogP) is 3.54. The summed E-state index contributed by atoms with van der Waals surface area (Å²) in [6.07, 6.45) is -4.60. The number of alkyl halides is 3. The number of anilines is 1. The summed E-state index contributed by atoms with van der Waals surface area (Å²) >= 11 is 0. The molecule has 1 N–H and O–H groups in total. The fraction of sp³-hybridized carbons (Fsp3) is 0.235. The van der Waals surface area contributed by atoms with Gasteiger partial charge in [-0.25, -0.2) is 9.10 Å². The lowest BCUT2D eigenvalue weighted by molar-refractivity contribution is -0.142. The molecule has 0 heterocycles. The topological polar surface area (TPSA) is 83.9 Å². The number of hydrogen-bond donors (Lipinski definition) is 1. The van der Waals surface area contributed by atoms with E-state index < -0.39 is 34.1 Å². The van der Waals surface area contributed by atoms with Crippen molar-refractivity contribution in [2.45, 2.75) is 19.1 Å². The quantitative estimate of drug-likeness (QED) is 0.610. The van der Waals surface area contributed by atoms with Gasteiger partial charge >= 0.3 is 22.4 Å². The number of hydrogen-bond acceptors (Lipinski definition) is 4. The molecule has 0 aliphatic heterocycles. The van der Waals surface area contributed by atoms with Gasteiger partial charge in [-0.1, -0.05) is 29.8 Å². The monoisotopic (exact) mass is 403 g/mol. The van der Waals surface area contributed by atoms with E-state index in [9.17, 15) is 30.9 Å². The molecule has 0 aromatic heterocycles. The summed E-state index contributed by atoms with van der Waals surface area (Å²) in [5.41, 5.74) is -0.340. The van der Waals surface area contributed by atoms with Crippen LogP contribution in [0.25, 0.3) is 0 Å². The third-order valence-corrected chi connectivity index (χ3v) is 4.67. The van der Waals surface area contributed by atoms with Gasteiger partial charge < -0.3 is 4.74 Å². The maximum atomic E-state index is 12.8. The summed E-state index contributed by atoms with van der Waals surface area (Å²) in [5, 5.41) is 0. The van der Waals surface area contributed by atoms with Gasteiger partial charge in [0.05, 0.1) is 18.4 Å². The molecule has 0 radical (unpaired) electrons. The van der Waals surface area contributed by atoms with Crippen molar-refractivity contribution in [1.29, 1.82) is 0 Å². The second kappa shape index (κ2) is 7.57. The van der Waals surface area contributed by atoms with Crippen molar-refractivity contribution in [3.05, 3.63) is 65.2 Å². The van der Waals surface area contributed by atoms with Gasteiger partial charge in [0.15, 0.2) is 6.04 Å². The first kappa shape index (κ1) is 20.7. The van der Waals surface area contributed by atoms with E-state index in [1.165, 1.54) is 12.1 Å². The second-order valence-electron chi connectivity index (χ2n) is 5.65. The summed E-state index contributed by atoms with van der Waals surface area (Å²) in [5.74, 6) is -1.08. The summed E-state index contributed by atoms with van der Waals surface area (Å²) in [6, 6.07) is 7.42. The van der Waals surface area contributed by atoms with E-state index in [4.69, 9.17) is 0 Å². The van der Waals surface area contributed by atoms with Crippen LogP contribution in [-0.2, 0) is 26.0 Å². The molecule has 0 aliphatic rings. The lowest BCUT2D eigenvalue weighted by Gasteiger charge is -2.29. The van der Waals surface area contributed by atoms with Crippen LogP contribution in [-0.4, -0.2) is 26.0 Å². The molecule has 146 valence electrons. The zero-order valence-corrected chi connectivity index (χ0v) is 15.1. The number of esters is 1. The van der Waals surface area contributed by atoms with Gasteiger partial charge in [0, 0.05) is 0 Å². The maximum Gasteiger partial charge on any atom is 0.416 e. The molecular formula is C17H16F3NO5S. The highest BCUT2D eigenvalue weighted by Gasteiger charge is 2.37. The number of carbonyl (C=O) groups is 1. The fourth-order valence-electron chi connectivity index (χ4n) is 2.44. The minimum Gasteiger partial charge on any atom is -0.467 e. The van der Waals surface area contributed by atoms with Gasteiger partial charge in [0.2, 0.25) is 0 Å². The van der Waals surface area contributed by atoms with E-state index in [-0.39, 0.29) is 11.3 Å². The Balaban J connectivity index is 2.61. The number of nitrogens with zero attached hydrogens (tertiary/aromatic N) is 1. The Labute approximate surface area is 154 Å². The molecule has 2 aromatic rings. The normalized spacial score (nSPS) is 13.1. The number of halogens is 3. The highest BCUT2D eigenvalue weighted by molar-refractivity contribution is 7.87. The molecule has 10 heteroatoms. The molecule has 2 rings (SSSR count). The number of carbonyl (C=O) groups excluding carboxylic acids is 1. The van der Waals surface area contributed by atoms with Crippen molar-refractivity contribution in [1.82, 2.24) is 0 Å². The van der Waals surface area contributed by atoms with Crippen molar-refractivity contribution in [3.63, 3.8) is 0 Å². The molecule has 0 fully saturated rings. The van der Waals surface area contributed by atoms with Crippen LogP contribution < -0.4 is 4.31 Å². The van der Waals surface area contributed by atoms with Gasteiger partial charge in [-0.2, -0.15) is 21.6 Å². The molecule has 0 bridgehead atoms. The Morgan fingerprint density at radius 2 is 1.59 bits per heavy atom. The summed E-state index contributed by atoms with van der Waals surface area (Å²) in [4.78, 5) is 12.3. The zero-order valence-electron chi connectivity index (χ0n) is 14.3. The third kappa shape index (κ3) is 4.77. The average molecular weight is 403 g/mol. The van der Waals surface area contributed by atoms with Gasteiger partial charge in [-0.05, 0) is 36.8 Å². The highest BCUT2D eigenvalue weighted by atomic mass is 32.2. The molecule has 2 aromatic carbocycles. The van der Waals surface area contributed by atoms with Gasteiger partial charge in [0.25, 0.3) is 0 Å². The van der Waals surface area contributed by atoms with Crippen LogP contribution in [0.1, 0.15) is 22.7 Å². The fourth-order valence-corrected chi connectivity index (χ4v) is 3.30. The lowest BCUT2D eigenvalue weighted by Crippen LogP contribution is -2.39. The van der Waals surface area contributed by atoms with Crippen LogP contribution in [0.4, 0.5) is 18.9 Å². The number of benzene rings is 2. The molecule has 0 saturated heterocycles. The van der Waals surface area contributed by atoms with Crippen molar-refractivity contribution < 1.29 is 35.7 Å². The van der Waals surface area contributed by atoms with Crippen molar-refractivity contribution >= 4 is 22.0 Å². The standard InChI is InChI=1S/C17H16F3NO5S/c1-11-3-9-14(10-4-11)21(27(23,24)25)15(16(22)26-2)12-5-7-13(8-6-12)17(18,19)20/h3-10,15H,1-2H3,(H,23,24,25). The molecule has 1 atom stereocenters. The minimum absolute atomic E-state index is 0.0570. The van der Waals surface area contributed by atoms with Crippen LogP contribution in [0.5, 0.6) is 0 Å². The van der Waals surface area contributed by atoms with Gasteiger partial charge in [-0.3, -0.25) is 4.55 Å². The van der Waals surface area contributed by atoms with E-state index in [0.717, 1.165) is 24.8 Å². The molecule has 0 spiro atoms. The van der Waals surface area contributed by atoms with Crippen LogP contribution >= 0.6 is 0 Å². The zero-order chi connectivity index (χ0) is 20.4. The molecule has 0 amide bonds. The molecular weight excluding hydrogens is 387 g/mol. The summed E-state index contributed by atoms with van der Waals surface area (Å²) < 4.78 is 76.9. The Morgan fingerprint density at radius 1 is 1.07 bits per heavy atom. The number of aryl methyl sites for hydroxylation is 1. The lowest BCUT2D eigenvalue weighted by atomic mass is 10.0. The first-order chi connectivity index (χ1) is 12.4. The third-order valence-electron chi connectivity index (χ3n) is 3.75. The Kier molecular flexibility index (Phi) is 5.81. The molecule has 6 nitrogen and oxygen atoms in total. The van der Waals surface area contributed by atoms with E-state index in [1.807, 2.05) is 0 Å². The van der Waals surface area contributed by atoms with Crippen molar-refractivity contribution in [2.75, 3.05) is 11.4 Å². The molecule has 27 heavy (non-hydrogen) atoms. The summed E-state index contributed by atoms with van der Waals surface area (Å²) in [6.45, 7) is 1.75. The van der Waals surface area contributed by atoms with E-state index >= 15 is 0 Å².